The molecule has 0 spiro atoms. The number of para-hydroxylation sites is 1. The van der Waals surface area contributed by atoms with Crippen molar-refractivity contribution in [3.05, 3.63) is 152 Å². The van der Waals surface area contributed by atoms with Crippen LogP contribution in [0.2, 0.25) is 13.1 Å². The minimum atomic E-state index is -2.01. The van der Waals surface area contributed by atoms with Crippen LogP contribution in [0.4, 0.5) is 17.1 Å². The van der Waals surface area contributed by atoms with E-state index in [1.54, 1.807) is 0 Å². The van der Waals surface area contributed by atoms with Gasteiger partial charge in [0.1, 0.15) is 19.2 Å². The number of hydrogen-bond acceptors (Lipinski definition) is 2. The highest BCUT2D eigenvalue weighted by molar-refractivity contribution is 7.04. The zero-order chi connectivity index (χ0) is 30.1. The number of fused-ring (bicyclic) bond motifs is 8. The molecule has 2 heterocycles. The third-order valence-electron chi connectivity index (χ3n) is 9.65. The molecule has 45 heavy (non-hydrogen) atoms. The standard InChI is InChI=1S/C42H31NOSi/c1-45(2)38-18-10-16-36(40(38)41-39(45)26-25-35-34-15-8-9-17-37(34)44-42(35)41)43(33-24-21-29-13-6-7-14-31(29)27-33)32-22-19-30(20-23-32)28-11-4-3-5-12-28/h3-27H,1-2H3. The topological polar surface area (TPSA) is 16.4 Å². The molecule has 0 aliphatic carbocycles. The molecule has 7 aromatic carbocycles. The van der Waals surface area contributed by atoms with Crippen LogP contribution < -0.4 is 15.3 Å². The van der Waals surface area contributed by atoms with Crippen LogP contribution in [0.15, 0.2) is 156 Å². The zero-order valence-electron chi connectivity index (χ0n) is 25.3. The second-order valence-corrected chi connectivity index (χ2v) is 16.9. The van der Waals surface area contributed by atoms with Crippen LogP contribution in [0.1, 0.15) is 0 Å². The largest absolute Gasteiger partial charge is 0.455 e. The molecule has 1 aliphatic rings. The first-order valence-electron chi connectivity index (χ1n) is 15.6. The molecular weight excluding hydrogens is 563 g/mol. The van der Waals surface area contributed by atoms with Gasteiger partial charge in [-0.25, -0.2) is 0 Å². The molecule has 1 aromatic heterocycles. The van der Waals surface area contributed by atoms with Gasteiger partial charge in [0.2, 0.25) is 0 Å². The Kier molecular flexibility index (Phi) is 5.68. The fraction of sp³-hybridized carbons (Fsp3) is 0.0476. The number of anilines is 3. The predicted octanol–water partition coefficient (Wildman–Crippen LogP) is 10.7. The highest BCUT2D eigenvalue weighted by atomic mass is 28.3. The molecule has 9 rings (SSSR count). The highest BCUT2D eigenvalue weighted by Gasteiger charge is 2.41. The molecule has 3 heteroatoms. The first kappa shape index (κ1) is 26.1. The molecule has 0 saturated carbocycles. The van der Waals surface area contributed by atoms with E-state index in [-0.39, 0.29) is 0 Å². The van der Waals surface area contributed by atoms with Crippen molar-refractivity contribution in [3.8, 4) is 22.3 Å². The Morgan fingerprint density at radius 3 is 2.02 bits per heavy atom. The number of rotatable bonds is 4. The van der Waals surface area contributed by atoms with E-state index >= 15 is 0 Å². The van der Waals surface area contributed by atoms with Crippen molar-refractivity contribution in [1.29, 1.82) is 0 Å². The maximum absolute atomic E-state index is 6.72. The summed E-state index contributed by atoms with van der Waals surface area (Å²) in [6.45, 7) is 4.95. The van der Waals surface area contributed by atoms with Crippen LogP contribution in [-0.2, 0) is 0 Å². The monoisotopic (exact) mass is 593 g/mol. The molecule has 0 amide bonds. The Morgan fingerprint density at radius 2 is 1.18 bits per heavy atom. The molecule has 8 aromatic rings. The second-order valence-electron chi connectivity index (χ2n) is 12.6. The summed E-state index contributed by atoms with van der Waals surface area (Å²) in [5, 5.41) is 7.71. The van der Waals surface area contributed by atoms with Crippen molar-refractivity contribution in [2.75, 3.05) is 4.90 Å². The molecule has 1 aliphatic heterocycles. The van der Waals surface area contributed by atoms with Crippen molar-refractivity contribution >= 4 is 68.2 Å². The van der Waals surface area contributed by atoms with Crippen molar-refractivity contribution in [1.82, 2.24) is 0 Å². The lowest BCUT2D eigenvalue weighted by molar-refractivity contribution is 0.670. The Balaban J connectivity index is 1.32. The molecule has 0 radical (unpaired) electrons. The summed E-state index contributed by atoms with van der Waals surface area (Å²) in [5.74, 6) is 0. The fourth-order valence-electron chi connectivity index (χ4n) is 7.39. The third kappa shape index (κ3) is 3.94. The Bertz CT molecular complexity index is 2400. The van der Waals surface area contributed by atoms with E-state index < -0.39 is 8.07 Å². The first-order valence-corrected chi connectivity index (χ1v) is 18.6. The molecule has 0 fully saturated rings. The zero-order valence-corrected chi connectivity index (χ0v) is 26.3. The van der Waals surface area contributed by atoms with Crippen LogP contribution in [0.5, 0.6) is 0 Å². The number of nitrogens with zero attached hydrogens (tertiary/aromatic N) is 1. The second kappa shape index (κ2) is 9.81. The number of hydrogen-bond donors (Lipinski definition) is 0. The molecule has 0 atom stereocenters. The maximum atomic E-state index is 6.72. The molecule has 0 saturated heterocycles. The van der Waals surface area contributed by atoms with E-state index in [2.05, 4.69) is 170 Å². The van der Waals surface area contributed by atoms with E-state index in [1.165, 1.54) is 59.9 Å². The van der Waals surface area contributed by atoms with Crippen molar-refractivity contribution in [2.24, 2.45) is 0 Å². The van der Waals surface area contributed by atoms with Crippen LogP contribution >= 0.6 is 0 Å². The third-order valence-corrected chi connectivity index (χ3v) is 13.2. The summed E-state index contributed by atoms with van der Waals surface area (Å²) in [6.07, 6.45) is 0. The quantitative estimate of drug-likeness (QED) is 0.189. The predicted molar refractivity (Wildman–Crippen MR) is 194 cm³/mol. The minimum Gasteiger partial charge on any atom is -0.455 e. The molecule has 0 unspecified atom stereocenters. The summed E-state index contributed by atoms with van der Waals surface area (Å²) in [4.78, 5) is 2.45. The van der Waals surface area contributed by atoms with Gasteiger partial charge in [-0.15, -0.1) is 0 Å². The molecule has 2 nitrogen and oxygen atoms in total. The summed E-state index contributed by atoms with van der Waals surface area (Å²) >= 11 is 0. The maximum Gasteiger partial charge on any atom is 0.143 e. The Hall–Kier alpha value is -5.38. The summed E-state index contributed by atoms with van der Waals surface area (Å²) in [7, 11) is -2.01. The van der Waals surface area contributed by atoms with E-state index in [0.717, 1.165) is 22.5 Å². The SMILES string of the molecule is C[Si]1(C)c2cccc(N(c3ccc(-c4ccccc4)cc3)c3ccc4ccccc4c3)c2-c2c1ccc1c2oc2ccccc21. The normalized spacial score (nSPS) is 13.3. The molecule has 0 N–H and O–H groups in total. The first-order chi connectivity index (χ1) is 22.1. The van der Waals surface area contributed by atoms with Gasteiger partial charge in [-0.1, -0.05) is 128 Å². The van der Waals surface area contributed by atoms with Crippen LogP contribution in [0, 0.1) is 0 Å². The highest BCUT2D eigenvalue weighted by Crippen LogP contribution is 2.47. The number of furan rings is 1. The van der Waals surface area contributed by atoms with Gasteiger partial charge >= 0.3 is 0 Å². The van der Waals surface area contributed by atoms with Crippen molar-refractivity contribution < 1.29 is 4.42 Å². The summed E-state index contributed by atoms with van der Waals surface area (Å²) in [5.41, 5.74) is 10.4. The Labute approximate surface area is 263 Å². The van der Waals surface area contributed by atoms with Gasteiger partial charge in [-0.2, -0.15) is 0 Å². The van der Waals surface area contributed by atoms with Gasteiger partial charge in [0, 0.05) is 33.3 Å². The minimum absolute atomic E-state index is 0.939. The average Bonchev–Trinajstić information content (AvgIpc) is 3.58. The van der Waals surface area contributed by atoms with Crippen molar-refractivity contribution in [3.63, 3.8) is 0 Å². The van der Waals surface area contributed by atoms with E-state index in [4.69, 9.17) is 4.42 Å². The molecular formula is C42H31NOSi. The van der Waals surface area contributed by atoms with Gasteiger partial charge in [0.15, 0.2) is 0 Å². The van der Waals surface area contributed by atoms with Crippen LogP contribution in [0.25, 0.3) is 55.0 Å². The Morgan fingerprint density at radius 1 is 0.489 bits per heavy atom. The van der Waals surface area contributed by atoms with E-state index in [9.17, 15) is 0 Å². The van der Waals surface area contributed by atoms with Gasteiger partial charge < -0.3 is 9.32 Å². The lowest BCUT2D eigenvalue weighted by Crippen LogP contribution is -2.49. The summed E-state index contributed by atoms with van der Waals surface area (Å²) in [6, 6.07) is 55.0. The van der Waals surface area contributed by atoms with Gasteiger partial charge in [0.05, 0.1) is 5.69 Å². The average molecular weight is 594 g/mol. The van der Waals surface area contributed by atoms with Crippen LogP contribution in [-0.4, -0.2) is 8.07 Å². The number of benzene rings is 7. The fourth-order valence-corrected chi connectivity index (χ4v) is 10.4. The van der Waals surface area contributed by atoms with E-state index in [1.807, 2.05) is 0 Å². The molecule has 214 valence electrons. The smallest absolute Gasteiger partial charge is 0.143 e. The van der Waals surface area contributed by atoms with Gasteiger partial charge in [-0.05, 0) is 68.7 Å². The lowest BCUT2D eigenvalue weighted by atomic mass is 9.98. The molecule has 0 bridgehead atoms. The lowest BCUT2D eigenvalue weighted by Gasteiger charge is -2.29. The summed E-state index contributed by atoms with van der Waals surface area (Å²) < 4.78 is 6.72. The van der Waals surface area contributed by atoms with Crippen molar-refractivity contribution in [2.45, 2.75) is 13.1 Å². The van der Waals surface area contributed by atoms with E-state index in [0.29, 0.717) is 0 Å². The van der Waals surface area contributed by atoms with Crippen LogP contribution in [0.3, 0.4) is 0 Å². The van der Waals surface area contributed by atoms with Gasteiger partial charge in [0.25, 0.3) is 0 Å². The van der Waals surface area contributed by atoms with Gasteiger partial charge in [-0.3, -0.25) is 0 Å².